The SMILES string of the molecule is COC1C(Br)CC1Oc1ncn(-c2ccccc2)n1. The van der Waals surface area contributed by atoms with Gasteiger partial charge in [0.25, 0.3) is 0 Å². The van der Waals surface area contributed by atoms with Crippen molar-refractivity contribution in [3.8, 4) is 11.7 Å². The second-order valence-electron chi connectivity index (χ2n) is 4.42. The molecule has 2 aromatic rings. The zero-order valence-electron chi connectivity index (χ0n) is 10.4. The topological polar surface area (TPSA) is 49.2 Å². The van der Waals surface area contributed by atoms with Gasteiger partial charge in [-0.2, -0.15) is 4.98 Å². The number of methoxy groups -OCH3 is 1. The van der Waals surface area contributed by atoms with Gasteiger partial charge in [0.15, 0.2) is 0 Å². The molecule has 6 heteroatoms. The van der Waals surface area contributed by atoms with Crippen LogP contribution in [0, 0.1) is 0 Å². The molecule has 1 heterocycles. The highest BCUT2D eigenvalue weighted by molar-refractivity contribution is 9.09. The third-order valence-corrected chi connectivity index (χ3v) is 4.10. The molecule has 3 rings (SSSR count). The number of hydrogen-bond acceptors (Lipinski definition) is 4. The number of nitrogens with zero attached hydrogens (tertiary/aromatic N) is 3. The molecule has 0 aliphatic heterocycles. The van der Waals surface area contributed by atoms with E-state index in [9.17, 15) is 0 Å². The first-order valence-corrected chi connectivity index (χ1v) is 7.00. The van der Waals surface area contributed by atoms with Crippen molar-refractivity contribution in [1.29, 1.82) is 0 Å². The third-order valence-electron chi connectivity index (χ3n) is 3.20. The number of hydrogen-bond donors (Lipinski definition) is 0. The predicted molar refractivity (Wildman–Crippen MR) is 73.9 cm³/mol. The van der Waals surface area contributed by atoms with Crippen molar-refractivity contribution in [1.82, 2.24) is 14.8 Å². The van der Waals surface area contributed by atoms with Crippen molar-refractivity contribution in [3.63, 3.8) is 0 Å². The molecule has 3 unspecified atom stereocenters. The van der Waals surface area contributed by atoms with Gasteiger partial charge in [-0.1, -0.05) is 34.1 Å². The van der Waals surface area contributed by atoms with E-state index in [1.165, 1.54) is 0 Å². The van der Waals surface area contributed by atoms with Crippen LogP contribution in [0.3, 0.4) is 0 Å². The number of para-hydroxylation sites is 1. The van der Waals surface area contributed by atoms with Crippen molar-refractivity contribution in [2.24, 2.45) is 0 Å². The van der Waals surface area contributed by atoms with E-state index in [2.05, 4.69) is 26.0 Å². The maximum absolute atomic E-state index is 5.73. The number of ether oxygens (including phenoxy) is 2. The Balaban J connectivity index is 1.69. The average molecular weight is 324 g/mol. The molecule has 0 bridgehead atoms. The molecule has 0 spiro atoms. The summed E-state index contributed by atoms with van der Waals surface area (Å²) < 4.78 is 12.8. The Morgan fingerprint density at radius 2 is 2.11 bits per heavy atom. The van der Waals surface area contributed by atoms with Gasteiger partial charge in [-0.3, -0.25) is 0 Å². The van der Waals surface area contributed by atoms with E-state index in [0.717, 1.165) is 12.1 Å². The molecule has 3 atom stereocenters. The lowest BCUT2D eigenvalue weighted by atomic mass is 9.91. The molecule has 100 valence electrons. The molecule has 0 radical (unpaired) electrons. The molecule has 19 heavy (non-hydrogen) atoms. The molecule has 1 aliphatic rings. The second-order valence-corrected chi connectivity index (χ2v) is 5.59. The van der Waals surface area contributed by atoms with Crippen molar-refractivity contribution in [2.75, 3.05) is 7.11 Å². The van der Waals surface area contributed by atoms with E-state index in [-0.39, 0.29) is 12.2 Å². The van der Waals surface area contributed by atoms with Gasteiger partial charge < -0.3 is 9.47 Å². The lowest BCUT2D eigenvalue weighted by molar-refractivity contribution is -0.0580. The summed E-state index contributed by atoms with van der Waals surface area (Å²) in [7, 11) is 1.68. The van der Waals surface area contributed by atoms with Crippen LogP contribution in [-0.2, 0) is 4.74 Å². The normalized spacial score (nSPS) is 25.9. The first-order chi connectivity index (χ1) is 9.28. The van der Waals surface area contributed by atoms with Crippen LogP contribution >= 0.6 is 15.9 Å². The van der Waals surface area contributed by atoms with E-state index in [4.69, 9.17) is 9.47 Å². The smallest absolute Gasteiger partial charge is 0.336 e. The molecule has 1 aromatic carbocycles. The van der Waals surface area contributed by atoms with Gasteiger partial charge >= 0.3 is 6.01 Å². The Kier molecular flexibility index (Phi) is 3.52. The standard InChI is InChI=1S/C13H14BrN3O2/c1-18-12-10(14)7-11(12)19-13-15-8-17(16-13)9-5-3-2-4-6-9/h2-6,8,10-12H,7H2,1H3. The number of aromatic nitrogens is 3. The van der Waals surface area contributed by atoms with Crippen molar-refractivity contribution in [3.05, 3.63) is 36.7 Å². The Labute approximate surface area is 119 Å². The van der Waals surface area contributed by atoms with Crippen LogP contribution < -0.4 is 4.74 Å². The first kappa shape index (κ1) is 12.6. The summed E-state index contributed by atoms with van der Waals surface area (Å²) in [5.74, 6) is 0. The fourth-order valence-corrected chi connectivity index (χ4v) is 3.01. The minimum absolute atomic E-state index is 0.0148. The van der Waals surface area contributed by atoms with Crippen LogP contribution in [0.15, 0.2) is 36.7 Å². The lowest BCUT2D eigenvalue weighted by Crippen LogP contribution is -2.52. The largest absolute Gasteiger partial charge is 0.456 e. The molecule has 1 aliphatic carbocycles. The van der Waals surface area contributed by atoms with Crippen molar-refractivity contribution >= 4 is 15.9 Å². The first-order valence-electron chi connectivity index (χ1n) is 6.08. The summed E-state index contributed by atoms with van der Waals surface area (Å²) in [6.45, 7) is 0. The third kappa shape index (κ3) is 2.50. The van der Waals surface area contributed by atoms with Crippen LogP contribution in [0.5, 0.6) is 6.01 Å². The molecule has 1 fully saturated rings. The van der Waals surface area contributed by atoms with E-state index in [1.807, 2.05) is 30.3 Å². The summed E-state index contributed by atoms with van der Waals surface area (Å²) in [6, 6.07) is 10.2. The van der Waals surface area contributed by atoms with E-state index < -0.39 is 0 Å². The summed E-state index contributed by atoms with van der Waals surface area (Å²) in [5, 5.41) is 4.31. The second kappa shape index (κ2) is 5.30. The van der Waals surface area contributed by atoms with Crippen LogP contribution in [0.25, 0.3) is 5.69 Å². The zero-order chi connectivity index (χ0) is 13.2. The molecule has 5 nitrogen and oxygen atoms in total. The quantitative estimate of drug-likeness (QED) is 0.809. The van der Waals surface area contributed by atoms with Crippen molar-refractivity contribution < 1.29 is 9.47 Å². The molecule has 0 amide bonds. The van der Waals surface area contributed by atoms with Gasteiger partial charge in [0, 0.05) is 18.4 Å². The Morgan fingerprint density at radius 1 is 1.32 bits per heavy atom. The van der Waals surface area contributed by atoms with Gasteiger partial charge in [0.1, 0.15) is 18.5 Å². The Morgan fingerprint density at radius 3 is 2.79 bits per heavy atom. The lowest BCUT2D eigenvalue weighted by Gasteiger charge is -2.39. The average Bonchev–Trinajstić information content (AvgIpc) is 2.88. The van der Waals surface area contributed by atoms with Gasteiger partial charge in [-0.05, 0) is 12.1 Å². The number of halogens is 1. The number of alkyl halides is 1. The zero-order valence-corrected chi connectivity index (χ0v) is 12.0. The van der Waals surface area contributed by atoms with Gasteiger partial charge in [-0.25, -0.2) is 4.68 Å². The van der Waals surface area contributed by atoms with Crippen LogP contribution in [0.1, 0.15) is 6.42 Å². The minimum atomic E-state index is 0.0148. The monoisotopic (exact) mass is 323 g/mol. The van der Waals surface area contributed by atoms with Crippen molar-refractivity contribution in [2.45, 2.75) is 23.5 Å². The highest BCUT2D eigenvalue weighted by atomic mass is 79.9. The Hall–Kier alpha value is -1.40. The number of benzene rings is 1. The Bertz CT molecular complexity index is 546. The van der Waals surface area contributed by atoms with Gasteiger partial charge in [0.05, 0.1) is 5.69 Å². The van der Waals surface area contributed by atoms with E-state index in [1.54, 1.807) is 18.1 Å². The van der Waals surface area contributed by atoms with Gasteiger partial charge in [0.2, 0.25) is 0 Å². The highest BCUT2D eigenvalue weighted by Gasteiger charge is 2.42. The van der Waals surface area contributed by atoms with E-state index in [0.29, 0.717) is 10.8 Å². The maximum Gasteiger partial charge on any atom is 0.336 e. The molecule has 0 N–H and O–H groups in total. The number of rotatable bonds is 4. The summed E-state index contributed by atoms with van der Waals surface area (Å²) in [4.78, 5) is 4.51. The molecule has 0 saturated heterocycles. The molecular formula is C13H14BrN3O2. The summed E-state index contributed by atoms with van der Waals surface area (Å²) >= 11 is 3.53. The molecular weight excluding hydrogens is 310 g/mol. The van der Waals surface area contributed by atoms with Crippen LogP contribution in [-0.4, -0.2) is 38.9 Å². The summed E-state index contributed by atoms with van der Waals surface area (Å²) in [5.41, 5.74) is 0.958. The summed E-state index contributed by atoms with van der Waals surface area (Å²) in [6.07, 6.45) is 2.62. The molecule has 1 aromatic heterocycles. The van der Waals surface area contributed by atoms with E-state index >= 15 is 0 Å². The predicted octanol–water partition coefficient (Wildman–Crippen LogP) is 2.20. The fraction of sp³-hybridized carbons (Fsp3) is 0.385. The highest BCUT2D eigenvalue weighted by Crippen LogP contribution is 2.32. The van der Waals surface area contributed by atoms with Crippen LogP contribution in [0.2, 0.25) is 0 Å². The minimum Gasteiger partial charge on any atom is -0.456 e. The van der Waals surface area contributed by atoms with Gasteiger partial charge in [-0.15, -0.1) is 5.10 Å². The fourth-order valence-electron chi connectivity index (χ4n) is 2.08. The molecule has 1 saturated carbocycles. The maximum atomic E-state index is 5.73. The van der Waals surface area contributed by atoms with Crippen LogP contribution in [0.4, 0.5) is 0 Å².